The Balaban J connectivity index is 1.69. The lowest BCUT2D eigenvalue weighted by Gasteiger charge is -2.21. The van der Waals surface area contributed by atoms with Crippen LogP contribution in [0.25, 0.3) is 0 Å². The highest BCUT2D eigenvalue weighted by atomic mass is 35.5. The maximum atomic E-state index is 12.6. The van der Waals surface area contributed by atoms with Gasteiger partial charge >= 0.3 is 0 Å². The summed E-state index contributed by atoms with van der Waals surface area (Å²) in [5, 5.41) is 0.428. The van der Waals surface area contributed by atoms with Crippen LogP contribution in [0.15, 0.2) is 30.6 Å². The van der Waals surface area contributed by atoms with Gasteiger partial charge in [-0.15, -0.1) is 0 Å². The maximum Gasteiger partial charge on any atom is 0.228 e. The van der Waals surface area contributed by atoms with Crippen LogP contribution >= 0.6 is 11.6 Å². The van der Waals surface area contributed by atoms with Crippen LogP contribution in [0.5, 0.6) is 5.75 Å². The SMILES string of the molecule is COc1ccc(N2C[C@@H](C(=O)N(C)Cc3ncc[nH]3)CC2=O)cc1Cl. The highest BCUT2D eigenvalue weighted by Gasteiger charge is 2.36. The highest BCUT2D eigenvalue weighted by Crippen LogP contribution is 2.32. The highest BCUT2D eigenvalue weighted by molar-refractivity contribution is 6.32. The third-order valence-electron chi connectivity index (χ3n) is 4.24. The summed E-state index contributed by atoms with van der Waals surface area (Å²) in [7, 11) is 3.24. The van der Waals surface area contributed by atoms with E-state index in [4.69, 9.17) is 16.3 Å². The van der Waals surface area contributed by atoms with E-state index in [9.17, 15) is 9.59 Å². The molecule has 1 saturated heterocycles. The number of aromatic amines is 1. The van der Waals surface area contributed by atoms with Gasteiger partial charge in [-0.3, -0.25) is 9.59 Å². The molecule has 8 heteroatoms. The Morgan fingerprint density at radius 2 is 2.32 bits per heavy atom. The average molecular weight is 363 g/mol. The first-order chi connectivity index (χ1) is 12.0. The molecule has 0 bridgehead atoms. The second-order valence-corrected chi connectivity index (χ2v) is 6.36. The lowest BCUT2D eigenvalue weighted by atomic mass is 10.1. The van der Waals surface area contributed by atoms with Gasteiger partial charge in [0.1, 0.15) is 11.6 Å². The van der Waals surface area contributed by atoms with Gasteiger partial charge in [-0.25, -0.2) is 4.98 Å². The van der Waals surface area contributed by atoms with E-state index in [1.807, 2.05) is 0 Å². The molecule has 0 saturated carbocycles. The van der Waals surface area contributed by atoms with Crippen LogP contribution in [0.1, 0.15) is 12.2 Å². The quantitative estimate of drug-likeness (QED) is 0.883. The van der Waals surface area contributed by atoms with Gasteiger partial charge in [0, 0.05) is 38.1 Å². The molecule has 25 heavy (non-hydrogen) atoms. The number of nitrogens with zero attached hydrogens (tertiary/aromatic N) is 3. The number of ether oxygens (including phenoxy) is 1. The lowest BCUT2D eigenvalue weighted by Crippen LogP contribution is -2.34. The molecule has 132 valence electrons. The molecule has 0 unspecified atom stereocenters. The largest absolute Gasteiger partial charge is 0.495 e. The van der Waals surface area contributed by atoms with Crippen LogP contribution < -0.4 is 9.64 Å². The number of anilines is 1. The topological polar surface area (TPSA) is 78.5 Å². The average Bonchev–Trinajstić information content (AvgIpc) is 3.23. The van der Waals surface area contributed by atoms with E-state index in [-0.39, 0.29) is 24.2 Å². The summed E-state index contributed by atoms with van der Waals surface area (Å²) < 4.78 is 5.13. The fraction of sp³-hybridized carbons (Fsp3) is 0.353. The minimum Gasteiger partial charge on any atom is -0.495 e. The maximum absolute atomic E-state index is 12.6. The zero-order valence-corrected chi connectivity index (χ0v) is 14.8. The van der Waals surface area contributed by atoms with E-state index in [2.05, 4.69) is 9.97 Å². The Kier molecular flexibility index (Phi) is 4.94. The summed E-state index contributed by atoms with van der Waals surface area (Å²) in [5.74, 6) is 0.702. The number of amides is 2. The van der Waals surface area contributed by atoms with Crippen molar-refractivity contribution in [2.75, 3.05) is 25.6 Å². The molecule has 2 heterocycles. The molecule has 7 nitrogen and oxygen atoms in total. The fourth-order valence-corrected chi connectivity index (χ4v) is 3.20. The molecule has 1 aromatic carbocycles. The first-order valence-corrected chi connectivity index (χ1v) is 8.24. The predicted molar refractivity (Wildman–Crippen MR) is 93.5 cm³/mol. The predicted octanol–water partition coefficient (Wildman–Crippen LogP) is 2.08. The van der Waals surface area contributed by atoms with Gasteiger partial charge < -0.3 is 19.5 Å². The number of H-pyrrole nitrogens is 1. The third-order valence-corrected chi connectivity index (χ3v) is 4.53. The van der Waals surface area contributed by atoms with E-state index < -0.39 is 0 Å². The Labute approximate surface area is 150 Å². The smallest absolute Gasteiger partial charge is 0.228 e. The van der Waals surface area contributed by atoms with Crippen molar-refractivity contribution in [1.82, 2.24) is 14.9 Å². The number of rotatable bonds is 5. The molecule has 0 radical (unpaired) electrons. The standard InChI is InChI=1S/C17H19ClN4O3/c1-21(10-15-19-5-6-20-15)17(24)11-7-16(23)22(9-11)12-3-4-14(25-2)13(18)8-12/h3-6,8,11H,7,9-10H2,1-2H3,(H,19,20)/t11-/m0/s1. The molecular weight excluding hydrogens is 344 g/mol. The number of aromatic nitrogens is 2. The Morgan fingerprint density at radius 1 is 1.52 bits per heavy atom. The summed E-state index contributed by atoms with van der Waals surface area (Å²) >= 11 is 6.14. The number of carbonyl (C=O) groups excluding carboxylic acids is 2. The molecule has 1 aliphatic heterocycles. The van der Waals surface area contributed by atoms with Crippen LogP contribution in [0.2, 0.25) is 5.02 Å². The van der Waals surface area contributed by atoms with Crippen molar-refractivity contribution in [2.24, 2.45) is 5.92 Å². The van der Waals surface area contributed by atoms with E-state index >= 15 is 0 Å². The van der Waals surface area contributed by atoms with Crippen LogP contribution in [-0.2, 0) is 16.1 Å². The van der Waals surface area contributed by atoms with E-state index in [1.54, 1.807) is 47.4 Å². The molecule has 1 N–H and O–H groups in total. The molecule has 0 spiro atoms. The van der Waals surface area contributed by atoms with Gasteiger partial charge in [0.2, 0.25) is 11.8 Å². The van der Waals surface area contributed by atoms with Crippen molar-refractivity contribution in [3.63, 3.8) is 0 Å². The van der Waals surface area contributed by atoms with Gasteiger partial charge in [-0.2, -0.15) is 0 Å². The summed E-state index contributed by atoms with van der Waals surface area (Å²) in [5.41, 5.74) is 0.666. The van der Waals surface area contributed by atoms with E-state index in [0.29, 0.717) is 35.4 Å². The molecule has 0 aliphatic carbocycles. The van der Waals surface area contributed by atoms with Crippen molar-refractivity contribution in [1.29, 1.82) is 0 Å². The van der Waals surface area contributed by atoms with E-state index in [0.717, 1.165) is 0 Å². The minimum atomic E-state index is -0.381. The summed E-state index contributed by atoms with van der Waals surface area (Å²) in [6.45, 7) is 0.716. The number of imidazole rings is 1. The number of methoxy groups -OCH3 is 1. The molecule has 1 aromatic heterocycles. The van der Waals surface area contributed by atoms with Gasteiger partial charge in [0.25, 0.3) is 0 Å². The van der Waals surface area contributed by atoms with Gasteiger partial charge in [0.15, 0.2) is 0 Å². The van der Waals surface area contributed by atoms with Crippen LogP contribution in [-0.4, -0.2) is 47.4 Å². The third kappa shape index (κ3) is 3.61. The second kappa shape index (κ2) is 7.14. The van der Waals surface area contributed by atoms with Crippen LogP contribution in [0.3, 0.4) is 0 Å². The number of benzene rings is 1. The molecule has 1 atom stereocenters. The summed E-state index contributed by atoms with van der Waals surface area (Å²) in [4.78, 5) is 35.2. The zero-order valence-electron chi connectivity index (χ0n) is 14.0. The monoisotopic (exact) mass is 362 g/mol. The first kappa shape index (κ1) is 17.3. The number of hydrogen-bond donors (Lipinski definition) is 1. The van der Waals surface area contributed by atoms with Crippen LogP contribution in [0.4, 0.5) is 5.69 Å². The Bertz CT molecular complexity index is 778. The Morgan fingerprint density at radius 3 is 2.96 bits per heavy atom. The number of hydrogen-bond acceptors (Lipinski definition) is 4. The normalized spacial score (nSPS) is 17.0. The second-order valence-electron chi connectivity index (χ2n) is 5.95. The van der Waals surface area contributed by atoms with Gasteiger partial charge in [-0.1, -0.05) is 11.6 Å². The molecule has 2 amide bonds. The number of carbonyl (C=O) groups is 2. The Hall–Kier alpha value is -2.54. The molecular formula is C17H19ClN4O3. The van der Waals surface area contributed by atoms with E-state index in [1.165, 1.54) is 7.11 Å². The first-order valence-electron chi connectivity index (χ1n) is 7.86. The summed E-state index contributed by atoms with van der Waals surface area (Å²) in [6, 6.07) is 5.16. The molecule has 3 rings (SSSR count). The zero-order chi connectivity index (χ0) is 18.0. The lowest BCUT2D eigenvalue weighted by molar-refractivity contribution is -0.135. The molecule has 2 aromatic rings. The number of halogens is 1. The van der Waals surface area contributed by atoms with Crippen molar-refractivity contribution in [3.05, 3.63) is 41.4 Å². The molecule has 1 aliphatic rings. The molecule has 1 fully saturated rings. The van der Waals surface area contributed by atoms with Crippen molar-refractivity contribution < 1.29 is 14.3 Å². The van der Waals surface area contributed by atoms with Crippen molar-refractivity contribution >= 4 is 29.1 Å². The van der Waals surface area contributed by atoms with Crippen LogP contribution in [0, 0.1) is 5.92 Å². The number of nitrogens with one attached hydrogen (secondary N) is 1. The van der Waals surface area contributed by atoms with Crippen molar-refractivity contribution in [2.45, 2.75) is 13.0 Å². The van der Waals surface area contributed by atoms with Gasteiger partial charge in [0.05, 0.1) is 24.6 Å². The fourth-order valence-electron chi connectivity index (χ4n) is 2.94. The van der Waals surface area contributed by atoms with Gasteiger partial charge in [-0.05, 0) is 18.2 Å². The minimum absolute atomic E-state index is 0.0770. The summed E-state index contributed by atoms with van der Waals surface area (Å²) in [6.07, 6.45) is 3.54. The van der Waals surface area contributed by atoms with Crippen molar-refractivity contribution in [3.8, 4) is 5.75 Å².